The lowest BCUT2D eigenvalue weighted by Crippen LogP contribution is -2.43. The topological polar surface area (TPSA) is 70.6 Å². The van der Waals surface area contributed by atoms with Gasteiger partial charge in [-0.2, -0.15) is 0 Å². The van der Waals surface area contributed by atoms with Crippen molar-refractivity contribution in [1.82, 2.24) is 15.3 Å². The van der Waals surface area contributed by atoms with E-state index in [0.717, 1.165) is 38.4 Å². The molecular formula is C26H26F3N5O2. The maximum Gasteiger partial charge on any atom is 0.265 e. The van der Waals surface area contributed by atoms with E-state index in [0.29, 0.717) is 11.3 Å². The monoisotopic (exact) mass is 497 g/mol. The van der Waals surface area contributed by atoms with Gasteiger partial charge in [0, 0.05) is 44.2 Å². The van der Waals surface area contributed by atoms with E-state index < -0.39 is 11.6 Å². The molecule has 2 aromatic carbocycles. The number of carbonyl (C=O) groups is 1. The van der Waals surface area contributed by atoms with Crippen LogP contribution in [0.1, 0.15) is 25.2 Å². The number of ether oxygens (including phenoxy) is 1. The number of halogens is 3. The number of rotatable bonds is 5. The average molecular weight is 498 g/mol. The first-order chi connectivity index (χ1) is 17.3. The zero-order valence-electron chi connectivity index (χ0n) is 20.0. The zero-order valence-corrected chi connectivity index (χ0v) is 20.0. The summed E-state index contributed by atoms with van der Waals surface area (Å²) in [5.41, 5.74) is 1.43. The lowest BCUT2D eigenvalue weighted by Gasteiger charge is -2.33. The Balaban J connectivity index is 1.45. The van der Waals surface area contributed by atoms with Crippen LogP contribution in [0.5, 0.6) is 5.75 Å². The van der Waals surface area contributed by atoms with Crippen LogP contribution in [0.4, 0.5) is 24.5 Å². The lowest BCUT2D eigenvalue weighted by atomic mass is 10.1. The van der Waals surface area contributed by atoms with Gasteiger partial charge >= 0.3 is 0 Å². The Labute approximate surface area is 206 Å². The van der Waals surface area contributed by atoms with Crippen molar-refractivity contribution in [2.75, 3.05) is 42.6 Å². The van der Waals surface area contributed by atoms with Gasteiger partial charge in [0.1, 0.15) is 17.3 Å². The van der Waals surface area contributed by atoms with Crippen molar-refractivity contribution in [2.45, 2.75) is 26.3 Å². The van der Waals surface area contributed by atoms with Crippen LogP contribution in [-0.2, 0) is 11.2 Å². The van der Waals surface area contributed by atoms with E-state index in [1.54, 1.807) is 26.0 Å². The Kier molecular flexibility index (Phi) is 6.53. The predicted molar refractivity (Wildman–Crippen MR) is 130 cm³/mol. The SMILES string of the molecule is CC(C)N1C(=O)COc2c(F)cc(-c3nc(Cc4ccc(N5CCNCC5)c(F)c4)ncc3F)cc21. The molecule has 36 heavy (non-hydrogen) atoms. The highest BCUT2D eigenvalue weighted by Gasteiger charge is 2.31. The molecule has 1 amide bonds. The van der Waals surface area contributed by atoms with E-state index in [1.807, 2.05) is 4.90 Å². The van der Waals surface area contributed by atoms with E-state index >= 15 is 0 Å². The van der Waals surface area contributed by atoms with E-state index in [-0.39, 0.29) is 59.3 Å². The third-order valence-corrected chi connectivity index (χ3v) is 6.31. The van der Waals surface area contributed by atoms with Gasteiger partial charge < -0.3 is 19.9 Å². The molecule has 7 nitrogen and oxygen atoms in total. The molecule has 3 aromatic rings. The normalized spacial score (nSPS) is 15.8. The predicted octanol–water partition coefficient (Wildman–Crippen LogP) is 3.70. The summed E-state index contributed by atoms with van der Waals surface area (Å²) in [6.45, 7) is 6.38. The Morgan fingerprint density at radius 3 is 2.53 bits per heavy atom. The number of piperazine rings is 1. The van der Waals surface area contributed by atoms with Crippen LogP contribution >= 0.6 is 0 Å². The molecule has 10 heteroatoms. The van der Waals surface area contributed by atoms with Crippen LogP contribution < -0.4 is 19.9 Å². The fourth-order valence-corrected chi connectivity index (χ4v) is 4.64. The first-order valence-electron chi connectivity index (χ1n) is 11.9. The van der Waals surface area contributed by atoms with Gasteiger partial charge in [-0.3, -0.25) is 4.79 Å². The minimum atomic E-state index is -0.738. The highest BCUT2D eigenvalue weighted by molar-refractivity contribution is 5.99. The highest BCUT2D eigenvalue weighted by Crippen LogP contribution is 2.39. The minimum absolute atomic E-state index is 0.0539. The van der Waals surface area contributed by atoms with Crippen LogP contribution in [0.25, 0.3) is 11.3 Å². The van der Waals surface area contributed by atoms with Crippen molar-refractivity contribution in [3.05, 3.63) is 65.4 Å². The highest BCUT2D eigenvalue weighted by atomic mass is 19.1. The molecule has 0 unspecified atom stereocenters. The van der Waals surface area contributed by atoms with E-state index in [2.05, 4.69) is 15.3 Å². The number of carbonyl (C=O) groups excluding carboxylic acids is 1. The second kappa shape index (κ2) is 9.77. The standard InChI is InChI=1S/C26H26F3N5O2/c1-15(2)34-22-12-17(11-19(28)26(22)36-14-24(34)35)25-20(29)13-31-23(32-25)10-16-3-4-21(18(27)9-16)33-7-5-30-6-8-33/h3-4,9,11-13,15,30H,5-8,10,14H2,1-2H3. The third kappa shape index (κ3) is 4.60. The number of hydrogen-bond acceptors (Lipinski definition) is 6. The van der Waals surface area contributed by atoms with E-state index in [4.69, 9.17) is 4.74 Å². The number of fused-ring (bicyclic) bond motifs is 1. The largest absolute Gasteiger partial charge is 0.478 e. The van der Waals surface area contributed by atoms with Crippen molar-refractivity contribution < 1.29 is 22.7 Å². The molecule has 1 aromatic heterocycles. The molecule has 2 aliphatic rings. The van der Waals surface area contributed by atoms with Gasteiger partial charge in [-0.15, -0.1) is 0 Å². The summed E-state index contributed by atoms with van der Waals surface area (Å²) in [5, 5.41) is 3.24. The van der Waals surface area contributed by atoms with Crippen molar-refractivity contribution in [3.8, 4) is 17.0 Å². The van der Waals surface area contributed by atoms with Gasteiger partial charge in [-0.05, 0) is 43.7 Å². The molecule has 188 valence electrons. The lowest BCUT2D eigenvalue weighted by molar-refractivity contribution is -0.121. The quantitative estimate of drug-likeness (QED) is 0.580. The molecule has 1 N–H and O–H groups in total. The van der Waals surface area contributed by atoms with Crippen molar-refractivity contribution in [2.24, 2.45) is 0 Å². The number of nitrogens with one attached hydrogen (secondary N) is 1. The molecule has 5 rings (SSSR count). The fourth-order valence-electron chi connectivity index (χ4n) is 4.64. The van der Waals surface area contributed by atoms with Gasteiger partial charge in [0.2, 0.25) is 0 Å². The van der Waals surface area contributed by atoms with Crippen molar-refractivity contribution in [3.63, 3.8) is 0 Å². The summed E-state index contributed by atoms with van der Waals surface area (Å²) < 4.78 is 49.8. The first kappa shape index (κ1) is 24.1. The Morgan fingerprint density at radius 2 is 1.81 bits per heavy atom. The maximum atomic E-state index is 14.9. The summed E-state index contributed by atoms with van der Waals surface area (Å²) >= 11 is 0. The molecular weight excluding hydrogens is 471 g/mol. The minimum Gasteiger partial charge on any atom is -0.478 e. The van der Waals surface area contributed by atoms with E-state index in [1.165, 1.54) is 17.0 Å². The maximum absolute atomic E-state index is 14.9. The third-order valence-electron chi connectivity index (χ3n) is 6.31. The molecule has 0 aliphatic carbocycles. The Bertz CT molecular complexity index is 1310. The smallest absolute Gasteiger partial charge is 0.265 e. The summed E-state index contributed by atoms with van der Waals surface area (Å²) in [5.74, 6) is -1.91. The number of anilines is 2. The zero-order chi connectivity index (χ0) is 25.4. The molecule has 1 saturated heterocycles. The van der Waals surface area contributed by atoms with Gasteiger partial charge in [0.25, 0.3) is 5.91 Å². The Morgan fingerprint density at radius 1 is 1.03 bits per heavy atom. The summed E-state index contributed by atoms with van der Waals surface area (Å²) in [7, 11) is 0. The van der Waals surface area contributed by atoms with Crippen LogP contribution in [0.2, 0.25) is 0 Å². The van der Waals surface area contributed by atoms with Crippen molar-refractivity contribution in [1.29, 1.82) is 0 Å². The summed E-state index contributed by atoms with van der Waals surface area (Å²) in [6.07, 6.45) is 1.18. The number of hydrogen-bond donors (Lipinski definition) is 1. The second-order valence-corrected chi connectivity index (χ2v) is 9.13. The van der Waals surface area contributed by atoms with Gasteiger partial charge in [-0.1, -0.05) is 6.07 Å². The van der Waals surface area contributed by atoms with Gasteiger partial charge in [0.15, 0.2) is 24.0 Å². The number of benzene rings is 2. The Hall–Kier alpha value is -3.66. The molecule has 2 aliphatic heterocycles. The molecule has 0 bridgehead atoms. The molecule has 3 heterocycles. The molecule has 0 radical (unpaired) electrons. The van der Waals surface area contributed by atoms with E-state index in [9.17, 15) is 18.0 Å². The molecule has 0 saturated carbocycles. The molecule has 0 spiro atoms. The number of amides is 1. The molecule has 0 atom stereocenters. The van der Waals surface area contributed by atoms with Gasteiger partial charge in [0.05, 0.1) is 17.6 Å². The fraction of sp³-hybridized carbons (Fsp3) is 0.346. The van der Waals surface area contributed by atoms with Gasteiger partial charge in [-0.25, -0.2) is 23.1 Å². The number of nitrogens with zero attached hydrogens (tertiary/aromatic N) is 4. The van der Waals surface area contributed by atoms with Crippen molar-refractivity contribution >= 4 is 17.3 Å². The first-order valence-corrected chi connectivity index (χ1v) is 11.9. The number of aromatic nitrogens is 2. The van der Waals surface area contributed by atoms with Crippen LogP contribution in [0.15, 0.2) is 36.5 Å². The summed E-state index contributed by atoms with van der Waals surface area (Å²) in [4.78, 5) is 24.2. The van der Waals surface area contributed by atoms with Crippen LogP contribution in [0.3, 0.4) is 0 Å². The van der Waals surface area contributed by atoms with Crippen LogP contribution in [-0.4, -0.2) is 54.7 Å². The van der Waals surface area contributed by atoms with Crippen LogP contribution in [0, 0.1) is 17.5 Å². The second-order valence-electron chi connectivity index (χ2n) is 9.13. The average Bonchev–Trinajstić information content (AvgIpc) is 2.85. The molecule has 1 fully saturated rings. The summed E-state index contributed by atoms with van der Waals surface area (Å²) in [6, 6.07) is 7.34.